The fraction of sp³-hybridized carbons (Fsp3) is 0.286. The van der Waals surface area contributed by atoms with Crippen LogP contribution in [0.4, 0.5) is 0 Å². The van der Waals surface area contributed by atoms with Gasteiger partial charge < -0.3 is 14.8 Å². The summed E-state index contributed by atoms with van der Waals surface area (Å²) < 4.78 is 5.60. The van der Waals surface area contributed by atoms with Gasteiger partial charge in [-0.25, -0.2) is 4.98 Å². The van der Waals surface area contributed by atoms with Crippen molar-refractivity contribution in [2.75, 3.05) is 6.54 Å². The minimum absolute atomic E-state index is 0.159. The van der Waals surface area contributed by atoms with Crippen LogP contribution in [0.15, 0.2) is 34.9 Å². The van der Waals surface area contributed by atoms with Crippen LogP contribution in [0, 0.1) is 0 Å². The Labute approximate surface area is 121 Å². The molecule has 2 aromatic rings. The first-order valence-corrected chi connectivity index (χ1v) is 6.66. The van der Waals surface area contributed by atoms with Gasteiger partial charge in [-0.15, -0.1) is 0 Å². The van der Waals surface area contributed by atoms with Crippen molar-refractivity contribution < 1.29 is 14.3 Å². The number of aliphatic carboxylic acids is 1. The minimum atomic E-state index is -0.786. The van der Waals surface area contributed by atoms with Crippen LogP contribution in [0.2, 0.25) is 5.02 Å². The van der Waals surface area contributed by atoms with Gasteiger partial charge in [0.15, 0.2) is 5.76 Å². The van der Waals surface area contributed by atoms with Crippen molar-refractivity contribution >= 4 is 17.6 Å². The smallest absolute Gasteiger partial charge is 0.303 e. The summed E-state index contributed by atoms with van der Waals surface area (Å²) >= 11 is 5.92. The van der Waals surface area contributed by atoms with Crippen molar-refractivity contribution in [3.05, 3.63) is 41.4 Å². The maximum absolute atomic E-state index is 10.4. The number of carboxylic acids is 1. The van der Waals surface area contributed by atoms with Crippen LogP contribution in [0.3, 0.4) is 0 Å². The van der Waals surface area contributed by atoms with E-state index in [0.29, 0.717) is 36.2 Å². The van der Waals surface area contributed by atoms with Crippen LogP contribution in [0.25, 0.3) is 11.3 Å². The van der Waals surface area contributed by atoms with Gasteiger partial charge in [0, 0.05) is 17.0 Å². The van der Waals surface area contributed by atoms with E-state index in [1.54, 1.807) is 12.3 Å². The van der Waals surface area contributed by atoms with Crippen molar-refractivity contribution in [3.63, 3.8) is 0 Å². The van der Waals surface area contributed by atoms with E-state index in [1.165, 1.54) is 0 Å². The number of halogens is 1. The SMILES string of the molecule is O=C(O)CCCNCc1ncc(-c2cccc(Cl)c2)o1. The predicted molar refractivity (Wildman–Crippen MR) is 75.5 cm³/mol. The molecule has 0 spiro atoms. The normalized spacial score (nSPS) is 10.7. The van der Waals surface area contributed by atoms with Crippen LogP contribution in [0.1, 0.15) is 18.7 Å². The summed E-state index contributed by atoms with van der Waals surface area (Å²) in [6.07, 6.45) is 2.39. The minimum Gasteiger partial charge on any atom is -0.481 e. The number of carbonyl (C=O) groups is 1. The highest BCUT2D eigenvalue weighted by Gasteiger charge is 2.06. The molecule has 0 saturated heterocycles. The van der Waals surface area contributed by atoms with Gasteiger partial charge in [0.2, 0.25) is 5.89 Å². The third-order valence-electron chi connectivity index (χ3n) is 2.68. The fourth-order valence-corrected chi connectivity index (χ4v) is 1.92. The standard InChI is InChI=1S/C14H15ClN2O3/c15-11-4-1-3-10(7-11)12-8-17-13(20-12)9-16-6-2-5-14(18)19/h1,3-4,7-8,16H,2,5-6,9H2,(H,18,19). The molecule has 0 atom stereocenters. The molecular formula is C14H15ClN2O3. The molecule has 1 aromatic carbocycles. The van der Waals surface area contributed by atoms with Gasteiger partial charge in [-0.05, 0) is 25.1 Å². The Morgan fingerprint density at radius 2 is 2.30 bits per heavy atom. The molecule has 2 rings (SSSR count). The van der Waals surface area contributed by atoms with Crippen LogP contribution in [0.5, 0.6) is 0 Å². The van der Waals surface area contributed by atoms with Crippen LogP contribution < -0.4 is 5.32 Å². The van der Waals surface area contributed by atoms with Crippen molar-refractivity contribution in [1.29, 1.82) is 0 Å². The Bertz CT molecular complexity index is 583. The molecule has 0 radical (unpaired) electrons. The maximum Gasteiger partial charge on any atom is 0.303 e. The van der Waals surface area contributed by atoms with E-state index < -0.39 is 5.97 Å². The quantitative estimate of drug-likeness (QED) is 0.768. The first-order valence-electron chi connectivity index (χ1n) is 6.28. The summed E-state index contributed by atoms with van der Waals surface area (Å²) in [7, 11) is 0. The first kappa shape index (κ1) is 14.6. The average molecular weight is 295 g/mol. The Morgan fingerprint density at radius 3 is 3.05 bits per heavy atom. The molecule has 6 heteroatoms. The molecule has 5 nitrogen and oxygen atoms in total. The van der Waals surface area contributed by atoms with E-state index in [0.717, 1.165) is 5.56 Å². The van der Waals surface area contributed by atoms with Crippen molar-refractivity contribution in [2.45, 2.75) is 19.4 Å². The third kappa shape index (κ3) is 4.36. The second-order valence-corrected chi connectivity index (χ2v) is 4.74. The Balaban J connectivity index is 1.85. The molecule has 0 saturated carbocycles. The molecule has 0 bridgehead atoms. The van der Waals surface area contributed by atoms with Gasteiger partial charge in [-0.3, -0.25) is 4.79 Å². The topological polar surface area (TPSA) is 75.4 Å². The molecule has 0 aliphatic heterocycles. The monoisotopic (exact) mass is 294 g/mol. The molecule has 0 aliphatic rings. The second-order valence-electron chi connectivity index (χ2n) is 4.30. The van der Waals surface area contributed by atoms with Gasteiger partial charge in [-0.1, -0.05) is 23.7 Å². The number of carboxylic acid groups (broad SMARTS) is 1. The maximum atomic E-state index is 10.4. The highest BCUT2D eigenvalue weighted by molar-refractivity contribution is 6.30. The summed E-state index contributed by atoms with van der Waals surface area (Å²) in [5.41, 5.74) is 0.877. The van der Waals surface area contributed by atoms with Crippen LogP contribution in [-0.2, 0) is 11.3 Å². The number of hydrogen-bond acceptors (Lipinski definition) is 4. The Hall–Kier alpha value is -1.85. The molecule has 1 heterocycles. The van der Waals surface area contributed by atoms with Gasteiger partial charge >= 0.3 is 5.97 Å². The summed E-state index contributed by atoms with van der Waals surface area (Å²) in [6, 6.07) is 7.36. The largest absolute Gasteiger partial charge is 0.481 e. The number of rotatable bonds is 7. The van der Waals surface area contributed by atoms with Crippen LogP contribution >= 0.6 is 11.6 Å². The highest BCUT2D eigenvalue weighted by Crippen LogP contribution is 2.23. The Kier molecular flexibility index (Phi) is 5.15. The number of hydrogen-bond donors (Lipinski definition) is 2. The van der Waals surface area contributed by atoms with E-state index in [4.69, 9.17) is 21.1 Å². The summed E-state index contributed by atoms with van der Waals surface area (Å²) in [6.45, 7) is 1.08. The molecule has 106 valence electrons. The lowest BCUT2D eigenvalue weighted by Gasteiger charge is -2.00. The van der Waals surface area contributed by atoms with E-state index in [2.05, 4.69) is 10.3 Å². The number of aromatic nitrogens is 1. The molecule has 0 amide bonds. The number of oxazole rings is 1. The summed E-state index contributed by atoms with van der Waals surface area (Å²) in [5, 5.41) is 12.2. The molecule has 0 fully saturated rings. The first-order chi connectivity index (χ1) is 9.65. The lowest BCUT2D eigenvalue weighted by atomic mass is 10.2. The lowest BCUT2D eigenvalue weighted by Crippen LogP contribution is -2.15. The molecule has 0 unspecified atom stereocenters. The van der Waals surface area contributed by atoms with Crippen molar-refractivity contribution in [1.82, 2.24) is 10.3 Å². The number of nitrogens with zero attached hydrogens (tertiary/aromatic N) is 1. The van der Waals surface area contributed by atoms with E-state index in [-0.39, 0.29) is 6.42 Å². The lowest BCUT2D eigenvalue weighted by molar-refractivity contribution is -0.137. The zero-order valence-corrected chi connectivity index (χ0v) is 11.6. The molecule has 20 heavy (non-hydrogen) atoms. The average Bonchev–Trinajstić information content (AvgIpc) is 2.87. The number of benzene rings is 1. The predicted octanol–water partition coefficient (Wildman–Crippen LogP) is 2.95. The van der Waals surface area contributed by atoms with E-state index >= 15 is 0 Å². The van der Waals surface area contributed by atoms with Gasteiger partial charge in [0.1, 0.15) is 0 Å². The molecule has 0 aliphatic carbocycles. The molecule has 2 N–H and O–H groups in total. The highest BCUT2D eigenvalue weighted by atomic mass is 35.5. The zero-order valence-electron chi connectivity index (χ0n) is 10.8. The Morgan fingerprint density at radius 1 is 1.45 bits per heavy atom. The van der Waals surface area contributed by atoms with Gasteiger partial charge in [-0.2, -0.15) is 0 Å². The fourth-order valence-electron chi connectivity index (χ4n) is 1.73. The number of nitrogens with one attached hydrogen (secondary N) is 1. The third-order valence-corrected chi connectivity index (χ3v) is 2.92. The summed E-state index contributed by atoms with van der Waals surface area (Å²) in [4.78, 5) is 14.5. The van der Waals surface area contributed by atoms with Crippen LogP contribution in [-0.4, -0.2) is 22.6 Å². The van der Waals surface area contributed by atoms with Crippen molar-refractivity contribution in [2.24, 2.45) is 0 Å². The molecular weight excluding hydrogens is 280 g/mol. The van der Waals surface area contributed by atoms with Gasteiger partial charge in [0.25, 0.3) is 0 Å². The van der Waals surface area contributed by atoms with Crippen molar-refractivity contribution in [3.8, 4) is 11.3 Å². The molecule has 1 aromatic heterocycles. The summed E-state index contributed by atoms with van der Waals surface area (Å²) in [5.74, 6) is 0.441. The van der Waals surface area contributed by atoms with E-state index in [1.807, 2.05) is 18.2 Å². The second kappa shape index (κ2) is 7.07. The zero-order chi connectivity index (χ0) is 14.4. The van der Waals surface area contributed by atoms with Gasteiger partial charge in [0.05, 0.1) is 12.7 Å². The van der Waals surface area contributed by atoms with E-state index in [9.17, 15) is 4.79 Å².